The van der Waals surface area contributed by atoms with E-state index in [1.165, 1.54) is 7.11 Å². The molecule has 1 fully saturated rings. The van der Waals surface area contributed by atoms with Crippen molar-refractivity contribution >= 4 is 11.8 Å². The van der Waals surface area contributed by atoms with Gasteiger partial charge in [-0.15, -0.1) is 0 Å². The number of nitrogens with zero attached hydrogens (tertiary/aromatic N) is 2. The second-order valence-corrected chi connectivity index (χ2v) is 4.19. The first-order valence-electron chi connectivity index (χ1n) is 5.15. The molecule has 86 valence electrons. The number of hydrogen-bond acceptors (Lipinski definition) is 4. The molecule has 1 saturated carbocycles. The van der Waals surface area contributed by atoms with Crippen molar-refractivity contribution in [3.05, 3.63) is 17.5 Å². The number of aromatic nitrogens is 2. The third-order valence-electron chi connectivity index (χ3n) is 3.15. The highest BCUT2D eigenvalue weighted by molar-refractivity contribution is 5.96. The number of carbonyl (C=O) groups excluding carboxylic acids is 2. The van der Waals surface area contributed by atoms with Crippen LogP contribution >= 0.6 is 0 Å². The van der Waals surface area contributed by atoms with Crippen molar-refractivity contribution in [2.24, 2.45) is 7.05 Å². The smallest absolute Gasteiger partial charge is 0.358 e. The fourth-order valence-corrected chi connectivity index (χ4v) is 2.02. The second-order valence-electron chi connectivity index (χ2n) is 4.19. The van der Waals surface area contributed by atoms with E-state index in [9.17, 15) is 9.59 Å². The molecule has 0 unspecified atom stereocenters. The lowest BCUT2D eigenvalue weighted by atomic mass is 9.92. The molecule has 0 radical (unpaired) electrons. The van der Waals surface area contributed by atoms with E-state index >= 15 is 0 Å². The van der Waals surface area contributed by atoms with Crippen molar-refractivity contribution in [2.45, 2.75) is 25.2 Å². The lowest BCUT2D eigenvalue weighted by Gasteiger charge is -2.09. The van der Waals surface area contributed by atoms with E-state index < -0.39 is 11.4 Å². The molecule has 0 bridgehead atoms. The van der Waals surface area contributed by atoms with E-state index in [-0.39, 0.29) is 11.5 Å². The van der Waals surface area contributed by atoms with E-state index in [4.69, 9.17) is 0 Å². The molecule has 5 nitrogen and oxygen atoms in total. The molecule has 0 atom stereocenters. The third-order valence-corrected chi connectivity index (χ3v) is 3.15. The SMILES string of the molecule is COC(=O)c1nn(C)cc1C1(C(C)=O)CC1. The van der Waals surface area contributed by atoms with Gasteiger partial charge in [0, 0.05) is 18.8 Å². The van der Waals surface area contributed by atoms with Gasteiger partial charge in [-0.1, -0.05) is 0 Å². The van der Waals surface area contributed by atoms with Crippen LogP contribution in [0.25, 0.3) is 0 Å². The van der Waals surface area contributed by atoms with Crippen LogP contribution in [0.1, 0.15) is 35.8 Å². The van der Waals surface area contributed by atoms with Gasteiger partial charge in [0.1, 0.15) is 5.78 Å². The first-order valence-corrected chi connectivity index (χ1v) is 5.15. The zero-order chi connectivity index (χ0) is 11.9. The predicted molar refractivity (Wildman–Crippen MR) is 56.1 cm³/mol. The monoisotopic (exact) mass is 222 g/mol. The summed E-state index contributed by atoms with van der Waals surface area (Å²) < 4.78 is 6.21. The molecular formula is C11H14N2O3. The lowest BCUT2D eigenvalue weighted by Crippen LogP contribution is -2.20. The summed E-state index contributed by atoms with van der Waals surface area (Å²) in [4.78, 5) is 23.1. The number of ether oxygens (including phenoxy) is 1. The number of carbonyl (C=O) groups is 2. The predicted octanol–water partition coefficient (Wildman–Crippen LogP) is 0.827. The maximum absolute atomic E-state index is 11.6. The van der Waals surface area contributed by atoms with E-state index in [0.29, 0.717) is 5.56 Å². The van der Waals surface area contributed by atoms with Gasteiger partial charge in [-0.3, -0.25) is 9.48 Å². The Morgan fingerprint density at radius 1 is 1.50 bits per heavy atom. The van der Waals surface area contributed by atoms with Crippen molar-refractivity contribution in [1.29, 1.82) is 0 Å². The van der Waals surface area contributed by atoms with Crippen LogP contribution in [-0.4, -0.2) is 28.6 Å². The molecule has 2 rings (SSSR count). The van der Waals surface area contributed by atoms with E-state index in [0.717, 1.165) is 12.8 Å². The number of esters is 1. The van der Waals surface area contributed by atoms with Gasteiger partial charge in [0.2, 0.25) is 0 Å². The molecule has 0 aliphatic heterocycles. The van der Waals surface area contributed by atoms with Crippen LogP contribution in [-0.2, 0) is 22.0 Å². The minimum absolute atomic E-state index is 0.0886. The summed E-state index contributed by atoms with van der Waals surface area (Å²) in [5, 5.41) is 4.06. The molecule has 1 aromatic heterocycles. The Morgan fingerprint density at radius 3 is 2.56 bits per heavy atom. The molecule has 5 heteroatoms. The molecule has 1 aromatic rings. The van der Waals surface area contributed by atoms with Crippen molar-refractivity contribution in [1.82, 2.24) is 9.78 Å². The molecule has 0 amide bonds. The van der Waals surface area contributed by atoms with Crippen molar-refractivity contribution < 1.29 is 14.3 Å². The molecule has 0 saturated heterocycles. The maximum Gasteiger partial charge on any atom is 0.358 e. The fraction of sp³-hybridized carbons (Fsp3) is 0.545. The van der Waals surface area contributed by atoms with Crippen LogP contribution in [0.15, 0.2) is 6.20 Å². The Kier molecular flexibility index (Phi) is 2.33. The van der Waals surface area contributed by atoms with Gasteiger partial charge in [-0.25, -0.2) is 4.79 Å². The van der Waals surface area contributed by atoms with Crippen molar-refractivity contribution in [2.75, 3.05) is 7.11 Å². The number of ketones is 1. The summed E-state index contributed by atoms with van der Waals surface area (Å²) in [6.45, 7) is 1.56. The number of hydrogen-bond donors (Lipinski definition) is 0. The van der Waals surface area contributed by atoms with Gasteiger partial charge < -0.3 is 4.74 Å². The zero-order valence-corrected chi connectivity index (χ0v) is 9.61. The summed E-state index contributed by atoms with van der Waals surface area (Å²) in [5.74, 6) is -0.395. The number of aryl methyl sites for hydroxylation is 1. The molecule has 0 aromatic carbocycles. The number of methoxy groups -OCH3 is 1. The Balaban J connectivity index is 2.49. The lowest BCUT2D eigenvalue weighted by molar-refractivity contribution is -0.119. The molecule has 1 aliphatic rings. The van der Waals surface area contributed by atoms with Crippen LogP contribution in [0.5, 0.6) is 0 Å². The highest BCUT2D eigenvalue weighted by atomic mass is 16.5. The van der Waals surface area contributed by atoms with Crippen LogP contribution in [0, 0.1) is 0 Å². The fourth-order valence-electron chi connectivity index (χ4n) is 2.02. The van der Waals surface area contributed by atoms with Crippen molar-refractivity contribution in [3.63, 3.8) is 0 Å². The normalized spacial score (nSPS) is 16.9. The summed E-state index contributed by atoms with van der Waals surface area (Å²) in [6, 6.07) is 0. The van der Waals surface area contributed by atoms with Crippen molar-refractivity contribution in [3.8, 4) is 0 Å². The van der Waals surface area contributed by atoms with Crippen LogP contribution < -0.4 is 0 Å². The first-order chi connectivity index (χ1) is 7.51. The van der Waals surface area contributed by atoms with Gasteiger partial charge in [0.15, 0.2) is 5.69 Å². The van der Waals surface area contributed by atoms with Crippen LogP contribution in [0.4, 0.5) is 0 Å². The van der Waals surface area contributed by atoms with Gasteiger partial charge >= 0.3 is 5.97 Å². The van der Waals surface area contributed by atoms with E-state index in [2.05, 4.69) is 9.84 Å². The van der Waals surface area contributed by atoms with Gasteiger partial charge in [-0.2, -0.15) is 5.10 Å². The summed E-state index contributed by atoms with van der Waals surface area (Å²) in [7, 11) is 3.04. The number of rotatable bonds is 3. The average molecular weight is 222 g/mol. The van der Waals surface area contributed by atoms with Gasteiger partial charge in [0.25, 0.3) is 0 Å². The van der Waals surface area contributed by atoms with Crippen LogP contribution in [0.2, 0.25) is 0 Å². The Morgan fingerprint density at radius 2 is 2.12 bits per heavy atom. The van der Waals surface area contributed by atoms with E-state index in [1.54, 1.807) is 24.9 Å². The largest absolute Gasteiger partial charge is 0.464 e. The summed E-state index contributed by atoms with van der Waals surface area (Å²) in [5.41, 5.74) is 0.477. The second kappa shape index (κ2) is 3.43. The molecular weight excluding hydrogens is 208 g/mol. The zero-order valence-electron chi connectivity index (χ0n) is 9.61. The minimum Gasteiger partial charge on any atom is -0.464 e. The highest BCUT2D eigenvalue weighted by Crippen LogP contribution is 2.49. The average Bonchev–Trinajstić information content (AvgIpc) is 2.96. The third kappa shape index (κ3) is 1.43. The van der Waals surface area contributed by atoms with Gasteiger partial charge in [0.05, 0.1) is 12.5 Å². The minimum atomic E-state index is -0.488. The topological polar surface area (TPSA) is 61.2 Å². The summed E-state index contributed by atoms with van der Waals surface area (Å²) in [6.07, 6.45) is 3.32. The first kappa shape index (κ1) is 10.9. The molecule has 1 aliphatic carbocycles. The molecule has 16 heavy (non-hydrogen) atoms. The quantitative estimate of drug-likeness (QED) is 0.710. The summed E-state index contributed by atoms with van der Waals surface area (Å²) >= 11 is 0. The molecule has 0 spiro atoms. The van der Waals surface area contributed by atoms with Crippen LogP contribution in [0.3, 0.4) is 0 Å². The molecule has 0 N–H and O–H groups in total. The Hall–Kier alpha value is -1.65. The Labute approximate surface area is 93.4 Å². The van der Waals surface area contributed by atoms with E-state index in [1.807, 2.05) is 0 Å². The molecule has 1 heterocycles. The Bertz CT molecular complexity index is 458. The van der Waals surface area contributed by atoms with Gasteiger partial charge in [-0.05, 0) is 19.8 Å². The number of Topliss-reactive ketones (excluding diaryl/α,β-unsaturated/α-hetero) is 1. The maximum atomic E-state index is 11.6. The highest BCUT2D eigenvalue weighted by Gasteiger charge is 2.51. The standard InChI is InChI=1S/C11H14N2O3/c1-7(14)11(4-5-11)8-6-13(2)12-9(8)10(15)16-3/h6H,4-5H2,1-3H3.